The Balaban J connectivity index is 1.98. The van der Waals surface area contributed by atoms with E-state index in [1.54, 1.807) is 47.4 Å². The highest BCUT2D eigenvalue weighted by Gasteiger charge is 2.35. The molecule has 1 N–H and O–H groups in total. The van der Waals surface area contributed by atoms with Crippen LogP contribution in [0.25, 0.3) is 0 Å². The van der Waals surface area contributed by atoms with Gasteiger partial charge < -0.3 is 9.84 Å². The Morgan fingerprint density at radius 3 is 2.65 bits per heavy atom. The fraction of sp³-hybridized carbons (Fsp3) is 0.133. The lowest BCUT2D eigenvalue weighted by Crippen LogP contribution is -2.27. The molecule has 0 bridgehead atoms. The zero-order valence-corrected chi connectivity index (χ0v) is 11.2. The Morgan fingerprint density at radius 2 is 1.95 bits per heavy atom. The molecular formula is C15H12ClNO3. The summed E-state index contributed by atoms with van der Waals surface area (Å²) < 4.78 is 5.13. The molecule has 0 unspecified atom stereocenters. The van der Waals surface area contributed by atoms with Gasteiger partial charge in [0.2, 0.25) is 0 Å². The normalized spacial score (nSPS) is 18.1. The summed E-state index contributed by atoms with van der Waals surface area (Å²) in [4.78, 5) is 13.5. The third-order valence-electron chi connectivity index (χ3n) is 3.23. The number of ether oxygens (including phenoxy) is 1. The van der Waals surface area contributed by atoms with E-state index in [2.05, 4.69) is 0 Å². The highest BCUT2D eigenvalue weighted by atomic mass is 35.5. The van der Waals surface area contributed by atoms with Crippen LogP contribution in [0.4, 0.5) is 10.5 Å². The summed E-state index contributed by atoms with van der Waals surface area (Å²) in [6, 6.07) is 13.6. The Morgan fingerprint density at radius 1 is 1.20 bits per heavy atom. The lowest BCUT2D eigenvalue weighted by Gasteiger charge is -2.21. The van der Waals surface area contributed by atoms with Gasteiger partial charge in [-0.25, -0.2) is 4.79 Å². The average molecular weight is 290 g/mol. The fourth-order valence-electron chi connectivity index (χ4n) is 2.29. The molecule has 2 aromatic carbocycles. The third-order valence-corrected chi connectivity index (χ3v) is 3.48. The number of aromatic hydroxyl groups is 1. The molecule has 0 aliphatic carbocycles. The molecular weight excluding hydrogens is 278 g/mol. The topological polar surface area (TPSA) is 49.8 Å². The number of nitrogens with zero attached hydrogens (tertiary/aromatic N) is 1. The number of carbonyl (C=O) groups excluding carboxylic acids is 1. The van der Waals surface area contributed by atoms with Gasteiger partial charge in [-0.3, -0.25) is 4.90 Å². The zero-order valence-electron chi connectivity index (χ0n) is 10.5. The van der Waals surface area contributed by atoms with Crippen LogP contribution in [0.5, 0.6) is 5.75 Å². The van der Waals surface area contributed by atoms with Crippen molar-refractivity contribution in [3.8, 4) is 5.75 Å². The molecule has 1 heterocycles. The van der Waals surface area contributed by atoms with Gasteiger partial charge in [-0.05, 0) is 42.0 Å². The highest BCUT2D eigenvalue weighted by molar-refractivity contribution is 6.30. The van der Waals surface area contributed by atoms with Gasteiger partial charge in [-0.2, -0.15) is 0 Å². The molecule has 102 valence electrons. The second-order valence-corrected chi connectivity index (χ2v) is 4.97. The van der Waals surface area contributed by atoms with Gasteiger partial charge in [0.05, 0.1) is 6.04 Å². The zero-order chi connectivity index (χ0) is 14.1. The Bertz CT molecular complexity index is 642. The van der Waals surface area contributed by atoms with Gasteiger partial charge in [0.1, 0.15) is 12.4 Å². The van der Waals surface area contributed by atoms with Crippen LogP contribution in [0, 0.1) is 0 Å². The average Bonchev–Trinajstić information content (AvgIpc) is 2.82. The molecule has 0 saturated carbocycles. The summed E-state index contributed by atoms with van der Waals surface area (Å²) >= 11 is 5.86. The second kappa shape index (κ2) is 5.06. The number of phenols is 1. The van der Waals surface area contributed by atoms with Gasteiger partial charge in [-0.15, -0.1) is 0 Å². The molecule has 2 aromatic rings. The Labute approximate surface area is 121 Å². The summed E-state index contributed by atoms with van der Waals surface area (Å²) in [5.41, 5.74) is 1.54. The van der Waals surface area contributed by atoms with Gasteiger partial charge in [0, 0.05) is 10.7 Å². The number of amides is 1. The van der Waals surface area contributed by atoms with Crippen LogP contribution in [0.15, 0.2) is 48.5 Å². The smallest absolute Gasteiger partial charge is 0.415 e. The van der Waals surface area contributed by atoms with Crippen molar-refractivity contribution >= 4 is 23.4 Å². The van der Waals surface area contributed by atoms with Crippen LogP contribution >= 0.6 is 11.6 Å². The lowest BCUT2D eigenvalue weighted by molar-refractivity contribution is 0.179. The quantitative estimate of drug-likeness (QED) is 0.916. The maximum absolute atomic E-state index is 11.9. The third kappa shape index (κ3) is 2.30. The van der Waals surface area contributed by atoms with Crippen LogP contribution in [-0.4, -0.2) is 17.8 Å². The number of halogens is 1. The summed E-state index contributed by atoms with van der Waals surface area (Å²) in [5.74, 6) is 0.165. The first kappa shape index (κ1) is 12.8. The van der Waals surface area contributed by atoms with Crippen molar-refractivity contribution < 1.29 is 14.6 Å². The summed E-state index contributed by atoms with van der Waals surface area (Å²) in [7, 11) is 0. The van der Waals surface area contributed by atoms with Crippen molar-refractivity contribution in [1.82, 2.24) is 0 Å². The lowest BCUT2D eigenvalue weighted by atomic mass is 10.1. The number of hydrogen-bond acceptors (Lipinski definition) is 3. The Kier molecular flexibility index (Phi) is 3.24. The van der Waals surface area contributed by atoms with Gasteiger partial charge in [0.15, 0.2) is 0 Å². The number of hydrogen-bond donors (Lipinski definition) is 1. The number of rotatable bonds is 2. The van der Waals surface area contributed by atoms with E-state index in [1.165, 1.54) is 0 Å². The molecule has 0 spiro atoms. The maximum atomic E-state index is 11.9. The molecule has 1 aliphatic rings. The molecule has 0 aromatic heterocycles. The number of carbonyl (C=O) groups is 1. The SMILES string of the molecule is O=C1OC[C@H](c2cccc(O)c2)N1c1ccc(Cl)cc1. The van der Waals surface area contributed by atoms with E-state index in [1.807, 2.05) is 6.07 Å². The molecule has 5 heteroatoms. The molecule has 4 nitrogen and oxygen atoms in total. The standard InChI is InChI=1S/C15H12ClNO3/c16-11-4-6-12(7-5-11)17-14(9-20-15(17)19)10-2-1-3-13(18)8-10/h1-8,14,18H,9H2/t14-/m1/s1. The van der Waals surface area contributed by atoms with Crippen molar-refractivity contribution in [3.63, 3.8) is 0 Å². The van der Waals surface area contributed by atoms with Crippen molar-refractivity contribution in [2.75, 3.05) is 11.5 Å². The predicted molar refractivity (Wildman–Crippen MR) is 76.1 cm³/mol. The molecule has 1 fully saturated rings. The first-order chi connectivity index (χ1) is 9.65. The number of anilines is 1. The van der Waals surface area contributed by atoms with Crippen molar-refractivity contribution in [3.05, 3.63) is 59.1 Å². The molecule has 3 rings (SSSR count). The molecule has 0 radical (unpaired) electrons. The van der Waals surface area contributed by atoms with E-state index in [-0.39, 0.29) is 18.4 Å². The van der Waals surface area contributed by atoms with E-state index in [0.29, 0.717) is 10.7 Å². The van der Waals surface area contributed by atoms with E-state index >= 15 is 0 Å². The second-order valence-electron chi connectivity index (χ2n) is 4.53. The molecule has 1 amide bonds. The first-order valence-electron chi connectivity index (χ1n) is 6.15. The minimum atomic E-state index is -0.402. The van der Waals surface area contributed by atoms with Crippen LogP contribution < -0.4 is 4.90 Å². The minimum Gasteiger partial charge on any atom is -0.508 e. The van der Waals surface area contributed by atoms with E-state index in [4.69, 9.17) is 16.3 Å². The molecule has 1 aliphatic heterocycles. The summed E-state index contributed by atoms with van der Waals surface area (Å²) in [6.07, 6.45) is -0.402. The summed E-state index contributed by atoms with van der Waals surface area (Å²) in [5, 5.41) is 10.2. The number of phenolic OH excluding ortho intramolecular Hbond substituents is 1. The van der Waals surface area contributed by atoms with Gasteiger partial charge in [-0.1, -0.05) is 23.7 Å². The van der Waals surface area contributed by atoms with Gasteiger partial charge in [0.25, 0.3) is 0 Å². The van der Waals surface area contributed by atoms with Crippen molar-refractivity contribution in [1.29, 1.82) is 0 Å². The first-order valence-corrected chi connectivity index (χ1v) is 6.53. The fourth-order valence-corrected chi connectivity index (χ4v) is 2.41. The number of benzene rings is 2. The van der Waals surface area contributed by atoms with E-state index in [0.717, 1.165) is 5.56 Å². The van der Waals surface area contributed by atoms with Crippen LogP contribution in [0.2, 0.25) is 5.02 Å². The highest BCUT2D eigenvalue weighted by Crippen LogP contribution is 2.34. The molecule has 1 saturated heterocycles. The predicted octanol–water partition coefficient (Wildman–Crippen LogP) is 3.74. The number of cyclic esters (lactones) is 1. The van der Waals surface area contributed by atoms with Gasteiger partial charge >= 0.3 is 6.09 Å². The van der Waals surface area contributed by atoms with Crippen LogP contribution in [0.1, 0.15) is 11.6 Å². The van der Waals surface area contributed by atoms with Crippen LogP contribution in [-0.2, 0) is 4.74 Å². The largest absolute Gasteiger partial charge is 0.508 e. The Hall–Kier alpha value is -2.20. The van der Waals surface area contributed by atoms with E-state index in [9.17, 15) is 9.90 Å². The maximum Gasteiger partial charge on any atom is 0.415 e. The van der Waals surface area contributed by atoms with Crippen LogP contribution in [0.3, 0.4) is 0 Å². The minimum absolute atomic E-state index is 0.165. The van der Waals surface area contributed by atoms with Crippen molar-refractivity contribution in [2.24, 2.45) is 0 Å². The molecule has 20 heavy (non-hydrogen) atoms. The monoisotopic (exact) mass is 289 g/mol. The summed E-state index contributed by atoms with van der Waals surface area (Å²) in [6.45, 7) is 0.255. The van der Waals surface area contributed by atoms with Crippen molar-refractivity contribution in [2.45, 2.75) is 6.04 Å². The molecule has 1 atom stereocenters. The van der Waals surface area contributed by atoms with E-state index < -0.39 is 6.09 Å².